The quantitative estimate of drug-likeness (QED) is 0.202. The van der Waals surface area contributed by atoms with Crippen LogP contribution in [-0.4, -0.2) is 44.7 Å². The van der Waals surface area contributed by atoms with Gasteiger partial charge in [-0.05, 0) is 6.07 Å². The molecule has 0 aliphatic carbocycles. The molecule has 0 saturated heterocycles. The Morgan fingerprint density at radius 2 is 2.35 bits per heavy atom. The number of rotatable bonds is 5. The van der Waals surface area contributed by atoms with Gasteiger partial charge in [-0.2, -0.15) is 0 Å². The third kappa shape index (κ3) is 3.74. The predicted molar refractivity (Wildman–Crippen MR) is 65.6 cm³/mol. The smallest absolute Gasteiger partial charge is 0.171 e. The van der Waals surface area contributed by atoms with Crippen LogP contribution in [0.25, 0.3) is 0 Å². The third-order valence-electron chi connectivity index (χ3n) is 1.86. The van der Waals surface area contributed by atoms with Gasteiger partial charge in [0.2, 0.25) is 0 Å². The molecule has 0 amide bonds. The Labute approximate surface area is 107 Å². The van der Waals surface area contributed by atoms with E-state index >= 15 is 0 Å². The lowest BCUT2D eigenvalue weighted by Gasteiger charge is -2.09. The third-order valence-corrected chi connectivity index (χ3v) is 3.49. The van der Waals surface area contributed by atoms with Crippen LogP contribution in [0.4, 0.5) is 0 Å². The van der Waals surface area contributed by atoms with Crippen molar-refractivity contribution in [2.24, 2.45) is 10.9 Å². The first-order chi connectivity index (χ1) is 8.10. The second kappa shape index (κ2) is 6.65. The van der Waals surface area contributed by atoms with Gasteiger partial charge in [-0.1, -0.05) is 16.8 Å². The van der Waals surface area contributed by atoms with E-state index in [1.807, 2.05) is 0 Å². The van der Waals surface area contributed by atoms with Gasteiger partial charge in [-0.15, -0.1) is 11.8 Å². The van der Waals surface area contributed by atoms with Crippen molar-refractivity contribution in [1.29, 1.82) is 0 Å². The van der Waals surface area contributed by atoms with Gasteiger partial charge in [-0.3, -0.25) is 0 Å². The highest BCUT2D eigenvalue weighted by Gasteiger charge is 2.13. The molecule has 0 saturated carbocycles. The molecule has 5 N–H and O–H groups in total. The van der Waals surface area contributed by atoms with Crippen molar-refractivity contribution in [3.8, 4) is 0 Å². The molecule has 0 spiro atoms. The van der Waals surface area contributed by atoms with Crippen molar-refractivity contribution in [3.63, 3.8) is 0 Å². The van der Waals surface area contributed by atoms with Crippen LogP contribution < -0.4 is 5.73 Å². The summed E-state index contributed by atoms with van der Waals surface area (Å²) >= 11 is 7.19. The molecule has 0 fully saturated rings. The predicted octanol–water partition coefficient (Wildman–Crippen LogP) is 0.275. The summed E-state index contributed by atoms with van der Waals surface area (Å²) in [6, 6.07) is 1.52. The van der Waals surface area contributed by atoms with E-state index in [-0.39, 0.29) is 23.2 Å². The molecule has 17 heavy (non-hydrogen) atoms. The fourth-order valence-corrected chi connectivity index (χ4v) is 2.20. The van der Waals surface area contributed by atoms with Crippen molar-refractivity contribution < 1.29 is 15.4 Å². The van der Waals surface area contributed by atoms with Crippen LogP contribution in [0.2, 0.25) is 5.02 Å². The van der Waals surface area contributed by atoms with Gasteiger partial charge in [0.05, 0.1) is 17.7 Å². The van der Waals surface area contributed by atoms with E-state index in [1.54, 1.807) is 0 Å². The number of hydrogen-bond acceptors (Lipinski definition) is 6. The van der Waals surface area contributed by atoms with Gasteiger partial charge in [0, 0.05) is 17.5 Å². The van der Waals surface area contributed by atoms with Gasteiger partial charge in [0.25, 0.3) is 0 Å². The van der Waals surface area contributed by atoms with E-state index in [1.165, 1.54) is 24.0 Å². The molecular weight excluding hydrogens is 266 g/mol. The van der Waals surface area contributed by atoms with E-state index in [9.17, 15) is 5.11 Å². The molecule has 1 aromatic heterocycles. The molecule has 1 unspecified atom stereocenters. The molecule has 0 radical (unpaired) electrons. The second-order valence-corrected chi connectivity index (χ2v) is 4.50. The lowest BCUT2D eigenvalue weighted by Crippen LogP contribution is -2.16. The molecule has 1 atom stereocenters. The number of pyridine rings is 1. The average molecular weight is 278 g/mol. The van der Waals surface area contributed by atoms with Crippen molar-refractivity contribution in [2.75, 3.05) is 12.4 Å². The molecule has 0 aliphatic heterocycles. The molecule has 0 aliphatic rings. The average Bonchev–Trinajstić information content (AvgIpc) is 2.36. The maximum atomic E-state index is 9.20. The fraction of sp³-hybridized carbons (Fsp3) is 0.333. The van der Waals surface area contributed by atoms with Crippen LogP contribution in [0, 0.1) is 0 Å². The van der Waals surface area contributed by atoms with Gasteiger partial charge in [0.1, 0.15) is 5.03 Å². The Morgan fingerprint density at radius 3 is 2.94 bits per heavy atom. The highest BCUT2D eigenvalue weighted by molar-refractivity contribution is 7.99. The zero-order valence-corrected chi connectivity index (χ0v) is 10.3. The van der Waals surface area contributed by atoms with Crippen molar-refractivity contribution in [2.45, 2.75) is 11.1 Å². The molecule has 0 aromatic carbocycles. The number of aliphatic hydroxyl groups is 2. The van der Waals surface area contributed by atoms with Crippen LogP contribution in [0.5, 0.6) is 0 Å². The Hall–Kier alpha value is -1.02. The highest BCUT2D eigenvalue weighted by atomic mass is 35.5. The van der Waals surface area contributed by atoms with Gasteiger partial charge >= 0.3 is 0 Å². The summed E-state index contributed by atoms with van der Waals surface area (Å²) in [5, 5.41) is 30.0. The van der Waals surface area contributed by atoms with Gasteiger partial charge in [-0.25, -0.2) is 4.98 Å². The normalized spacial score (nSPS) is 13.7. The topological polar surface area (TPSA) is 112 Å². The lowest BCUT2D eigenvalue weighted by molar-refractivity contribution is 0.113. The van der Waals surface area contributed by atoms with E-state index in [0.29, 0.717) is 10.6 Å². The first-order valence-electron chi connectivity index (χ1n) is 4.64. The molecule has 1 aromatic rings. The summed E-state index contributed by atoms with van der Waals surface area (Å²) in [6.45, 7) is -0.329. The van der Waals surface area contributed by atoms with E-state index in [4.69, 9.17) is 27.6 Å². The minimum atomic E-state index is -0.842. The Bertz CT molecular complexity index is 416. The zero-order valence-electron chi connectivity index (χ0n) is 8.75. The van der Waals surface area contributed by atoms with Gasteiger partial charge < -0.3 is 21.2 Å². The molecular formula is C9H12ClN3O3S. The number of halogens is 1. The Balaban J connectivity index is 2.87. The molecule has 1 heterocycles. The molecule has 0 bridgehead atoms. The van der Waals surface area contributed by atoms with Crippen LogP contribution in [-0.2, 0) is 0 Å². The number of hydrogen-bond donors (Lipinski definition) is 4. The number of amidine groups is 1. The molecule has 6 nitrogen and oxygen atoms in total. The maximum Gasteiger partial charge on any atom is 0.171 e. The Kier molecular flexibility index (Phi) is 5.49. The summed E-state index contributed by atoms with van der Waals surface area (Å²) in [7, 11) is 0. The van der Waals surface area contributed by atoms with Crippen LogP contribution in [0.1, 0.15) is 5.56 Å². The minimum absolute atomic E-state index is 0.109. The summed E-state index contributed by atoms with van der Waals surface area (Å²) in [6.07, 6.45) is 0.623. The number of aliphatic hydroxyl groups excluding tert-OH is 2. The second-order valence-electron chi connectivity index (χ2n) is 3.11. The number of thioether (sulfide) groups is 1. The zero-order chi connectivity index (χ0) is 12.8. The van der Waals surface area contributed by atoms with E-state index in [2.05, 4.69) is 10.1 Å². The first kappa shape index (κ1) is 14.0. The maximum absolute atomic E-state index is 9.20. The first-order valence-corrected chi connectivity index (χ1v) is 6.00. The van der Waals surface area contributed by atoms with E-state index < -0.39 is 6.10 Å². The van der Waals surface area contributed by atoms with Crippen LogP contribution in [0.3, 0.4) is 0 Å². The van der Waals surface area contributed by atoms with Crippen molar-refractivity contribution in [3.05, 3.63) is 22.8 Å². The molecule has 1 rings (SSSR count). The summed E-state index contributed by atoms with van der Waals surface area (Å²) < 4.78 is 0. The summed E-state index contributed by atoms with van der Waals surface area (Å²) in [4.78, 5) is 4.01. The summed E-state index contributed by atoms with van der Waals surface area (Å²) in [5.74, 6) is 0.144. The number of nitrogens with two attached hydrogens (primary N) is 1. The number of nitrogens with zero attached hydrogens (tertiary/aromatic N) is 2. The molecule has 94 valence electrons. The largest absolute Gasteiger partial charge is 0.409 e. The standard InChI is InChI=1S/C9H12ClN3O3S/c10-7-6(8(11)13-16)1-2-12-9(7)17-4-5(15)3-14/h1-2,5,14-16H,3-4H2,(H2,11,13). The lowest BCUT2D eigenvalue weighted by atomic mass is 10.2. The Morgan fingerprint density at radius 1 is 1.65 bits per heavy atom. The highest BCUT2D eigenvalue weighted by Crippen LogP contribution is 2.28. The number of aromatic nitrogens is 1. The minimum Gasteiger partial charge on any atom is -0.409 e. The van der Waals surface area contributed by atoms with Gasteiger partial charge in [0.15, 0.2) is 5.84 Å². The van der Waals surface area contributed by atoms with Crippen molar-refractivity contribution in [1.82, 2.24) is 4.98 Å². The van der Waals surface area contributed by atoms with Crippen LogP contribution in [0.15, 0.2) is 22.4 Å². The monoisotopic (exact) mass is 277 g/mol. The van der Waals surface area contributed by atoms with Crippen LogP contribution >= 0.6 is 23.4 Å². The SMILES string of the molecule is N/C(=N/O)c1ccnc(SCC(O)CO)c1Cl. The fourth-order valence-electron chi connectivity index (χ4n) is 1.00. The van der Waals surface area contributed by atoms with E-state index in [0.717, 1.165) is 0 Å². The molecule has 8 heteroatoms. The number of oxime groups is 1. The summed E-state index contributed by atoms with van der Waals surface area (Å²) in [5.41, 5.74) is 5.80. The van der Waals surface area contributed by atoms with Crippen molar-refractivity contribution >= 4 is 29.2 Å².